The van der Waals surface area contributed by atoms with Gasteiger partial charge in [0, 0.05) is 6.04 Å². The third-order valence-corrected chi connectivity index (χ3v) is 2.45. The fourth-order valence-corrected chi connectivity index (χ4v) is 1.75. The predicted octanol–water partition coefficient (Wildman–Crippen LogP) is 1.37. The number of carbonyl (C=O) groups is 2. The zero-order valence-corrected chi connectivity index (χ0v) is 9.03. The second-order valence-corrected chi connectivity index (χ2v) is 4.14. The Hall–Kier alpha value is -1.26. The Kier molecular flexibility index (Phi) is 3.94. The molecule has 0 heterocycles. The number of carboxylic acids is 1. The molecule has 2 atom stereocenters. The molecular formula is C10H17NO4. The zero-order chi connectivity index (χ0) is 11.4. The highest BCUT2D eigenvalue weighted by Gasteiger charge is 2.30. The van der Waals surface area contributed by atoms with Gasteiger partial charge < -0.3 is 15.2 Å². The number of rotatable bonds is 3. The first-order valence-electron chi connectivity index (χ1n) is 5.19. The Bertz CT molecular complexity index is 252. The number of carboxylic acid groups (broad SMARTS) is 1. The Morgan fingerprint density at radius 2 is 2.07 bits per heavy atom. The normalized spacial score (nSPS) is 25.3. The first-order chi connectivity index (χ1) is 6.99. The van der Waals surface area contributed by atoms with E-state index in [0.717, 1.165) is 0 Å². The Balaban J connectivity index is 2.30. The van der Waals surface area contributed by atoms with Crippen LogP contribution < -0.4 is 5.32 Å². The van der Waals surface area contributed by atoms with Crippen LogP contribution in [0, 0.1) is 5.92 Å². The van der Waals surface area contributed by atoms with Crippen molar-refractivity contribution >= 4 is 12.1 Å². The van der Waals surface area contributed by atoms with Crippen molar-refractivity contribution < 1.29 is 19.4 Å². The summed E-state index contributed by atoms with van der Waals surface area (Å²) >= 11 is 0. The van der Waals surface area contributed by atoms with E-state index < -0.39 is 12.1 Å². The Labute approximate surface area is 88.8 Å². The number of hydrogen-bond acceptors (Lipinski definition) is 3. The SMILES string of the molecule is CC(C)OC(=O)NC1CCC(C(=O)O)C1. The highest BCUT2D eigenvalue weighted by Crippen LogP contribution is 2.25. The van der Waals surface area contributed by atoms with E-state index in [2.05, 4.69) is 5.32 Å². The largest absolute Gasteiger partial charge is 0.481 e. The minimum absolute atomic E-state index is 0.0580. The number of aliphatic carboxylic acids is 1. The summed E-state index contributed by atoms with van der Waals surface area (Å²) in [5.41, 5.74) is 0. The van der Waals surface area contributed by atoms with Gasteiger partial charge in [-0.2, -0.15) is 0 Å². The van der Waals surface area contributed by atoms with Crippen LogP contribution >= 0.6 is 0 Å². The minimum atomic E-state index is -0.781. The molecule has 5 nitrogen and oxygen atoms in total. The quantitative estimate of drug-likeness (QED) is 0.745. The van der Waals surface area contributed by atoms with Gasteiger partial charge in [0.25, 0.3) is 0 Å². The van der Waals surface area contributed by atoms with Crippen LogP contribution in [0.1, 0.15) is 33.1 Å². The molecule has 0 aromatic heterocycles. The maximum Gasteiger partial charge on any atom is 0.407 e. The molecule has 1 aliphatic rings. The van der Waals surface area contributed by atoms with E-state index in [4.69, 9.17) is 9.84 Å². The van der Waals surface area contributed by atoms with Gasteiger partial charge in [-0.25, -0.2) is 4.79 Å². The van der Waals surface area contributed by atoms with E-state index in [-0.39, 0.29) is 18.1 Å². The van der Waals surface area contributed by atoms with Gasteiger partial charge in [-0.3, -0.25) is 4.79 Å². The first-order valence-corrected chi connectivity index (χ1v) is 5.19. The van der Waals surface area contributed by atoms with Crippen molar-refractivity contribution in [3.63, 3.8) is 0 Å². The van der Waals surface area contributed by atoms with E-state index in [9.17, 15) is 9.59 Å². The van der Waals surface area contributed by atoms with Gasteiger partial charge in [-0.05, 0) is 33.1 Å². The van der Waals surface area contributed by atoms with Crippen molar-refractivity contribution in [2.45, 2.75) is 45.3 Å². The molecule has 0 bridgehead atoms. The van der Waals surface area contributed by atoms with Crippen molar-refractivity contribution in [3.8, 4) is 0 Å². The molecule has 15 heavy (non-hydrogen) atoms. The molecular weight excluding hydrogens is 198 g/mol. The van der Waals surface area contributed by atoms with E-state index in [0.29, 0.717) is 19.3 Å². The lowest BCUT2D eigenvalue weighted by atomic mass is 10.1. The molecule has 0 spiro atoms. The Morgan fingerprint density at radius 1 is 1.40 bits per heavy atom. The molecule has 0 aromatic rings. The molecule has 1 saturated carbocycles. The summed E-state index contributed by atoms with van der Waals surface area (Å²) < 4.78 is 4.91. The topological polar surface area (TPSA) is 75.6 Å². The van der Waals surface area contributed by atoms with Gasteiger partial charge in [0.15, 0.2) is 0 Å². The predicted molar refractivity (Wildman–Crippen MR) is 53.5 cm³/mol. The lowest BCUT2D eigenvalue weighted by Crippen LogP contribution is -2.35. The van der Waals surface area contributed by atoms with Gasteiger partial charge >= 0.3 is 12.1 Å². The molecule has 5 heteroatoms. The molecule has 1 amide bonds. The summed E-state index contributed by atoms with van der Waals surface area (Å²) in [5.74, 6) is -1.11. The molecule has 0 aromatic carbocycles. The van der Waals surface area contributed by atoms with Gasteiger partial charge in [0.1, 0.15) is 0 Å². The van der Waals surface area contributed by atoms with Gasteiger partial charge in [-0.1, -0.05) is 0 Å². The molecule has 0 aliphatic heterocycles. The summed E-state index contributed by atoms with van der Waals surface area (Å²) in [6.45, 7) is 3.54. The van der Waals surface area contributed by atoms with Crippen LogP contribution in [-0.4, -0.2) is 29.3 Å². The standard InChI is InChI=1S/C10H17NO4/c1-6(2)15-10(14)11-8-4-3-7(5-8)9(12)13/h6-8H,3-5H2,1-2H3,(H,11,14)(H,12,13). The highest BCUT2D eigenvalue weighted by molar-refractivity contribution is 5.71. The zero-order valence-electron chi connectivity index (χ0n) is 9.03. The molecule has 0 saturated heterocycles. The third kappa shape index (κ3) is 3.77. The lowest BCUT2D eigenvalue weighted by molar-refractivity contribution is -0.141. The minimum Gasteiger partial charge on any atom is -0.481 e. The van der Waals surface area contributed by atoms with Gasteiger partial charge in [0.05, 0.1) is 12.0 Å². The fraction of sp³-hybridized carbons (Fsp3) is 0.800. The van der Waals surface area contributed by atoms with Gasteiger partial charge in [0.2, 0.25) is 0 Å². The van der Waals surface area contributed by atoms with Crippen LogP contribution in [0.2, 0.25) is 0 Å². The number of nitrogens with one attached hydrogen (secondary N) is 1. The summed E-state index contributed by atoms with van der Waals surface area (Å²) in [5, 5.41) is 11.4. The van der Waals surface area contributed by atoms with Crippen LogP contribution in [0.25, 0.3) is 0 Å². The van der Waals surface area contributed by atoms with Crippen LogP contribution in [0.15, 0.2) is 0 Å². The average Bonchev–Trinajstić information content (AvgIpc) is 2.50. The molecule has 1 aliphatic carbocycles. The molecule has 0 radical (unpaired) electrons. The van der Waals surface area contributed by atoms with Crippen molar-refractivity contribution in [2.24, 2.45) is 5.92 Å². The Morgan fingerprint density at radius 3 is 2.53 bits per heavy atom. The number of amides is 1. The fourth-order valence-electron chi connectivity index (χ4n) is 1.75. The third-order valence-electron chi connectivity index (χ3n) is 2.45. The smallest absolute Gasteiger partial charge is 0.407 e. The van der Waals surface area contributed by atoms with Crippen molar-refractivity contribution in [3.05, 3.63) is 0 Å². The monoisotopic (exact) mass is 215 g/mol. The van der Waals surface area contributed by atoms with Crippen LogP contribution in [0.3, 0.4) is 0 Å². The number of hydrogen-bond donors (Lipinski definition) is 2. The molecule has 2 unspecified atom stereocenters. The van der Waals surface area contributed by atoms with Crippen molar-refractivity contribution in [1.82, 2.24) is 5.32 Å². The number of alkyl carbamates (subject to hydrolysis) is 1. The average molecular weight is 215 g/mol. The number of carbonyl (C=O) groups excluding carboxylic acids is 1. The van der Waals surface area contributed by atoms with E-state index >= 15 is 0 Å². The van der Waals surface area contributed by atoms with Crippen LogP contribution in [-0.2, 0) is 9.53 Å². The summed E-state index contributed by atoms with van der Waals surface area (Å²) in [4.78, 5) is 21.9. The maximum absolute atomic E-state index is 11.2. The van der Waals surface area contributed by atoms with E-state index in [1.807, 2.05) is 0 Å². The second-order valence-electron chi connectivity index (χ2n) is 4.14. The maximum atomic E-state index is 11.2. The first kappa shape index (κ1) is 11.8. The summed E-state index contributed by atoms with van der Waals surface area (Å²) in [7, 11) is 0. The molecule has 1 rings (SSSR count). The second kappa shape index (κ2) is 5.00. The molecule has 1 fully saturated rings. The van der Waals surface area contributed by atoms with Crippen molar-refractivity contribution in [1.29, 1.82) is 0 Å². The highest BCUT2D eigenvalue weighted by atomic mass is 16.6. The summed E-state index contributed by atoms with van der Waals surface area (Å²) in [6.07, 6.45) is 1.23. The van der Waals surface area contributed by atoms with Gasteiger partial charge in [-0.15, -0.1) is 0 Å². The molecule has 2 N–H and O–H groups in total. The van der Waals surface area contributed by atoms with Crippen LogP contribution in [0.5, 0.6) is 0 Å². The van der Waals surface area contributed by atoms with Crippen molar-refractivity contribution in [2.75, 3.05) is 0 Å². The molecule has 86 valence electrons. The lowest BCUT2D eigenvalue weighted by Gasteiger charge is -2.14. The van der Waals surface area contributed by atoms with E-state index in [1.165, 1.54) is 0 Å². The van der Waals surface area contributed by atoms with E-state index in [1.54, 1.807) is 13.8 Å². The van der Waals surface area contributed by atoms with Crippen LogP contribution in [0.4, 0.5) is 4.79 Å². The number of ether oxygens (including phenoxy) is 1. The summed E-state index contributed by atoms with van der Waals surface area (Å²) in [6, 6.07) is -0.0580.